The molecule has 0 aliphatic rings. The number of hydrogen-bond donors (Lipinski definition) is 0. The van der Waals surface area contributed by atoms with E-state index >= 15 is 0 Å². The molecule has 0 atom stereocenters. The molecule has 41 heavy (non-hydrogen) atoms. The molecule has 10 heteroatoms. The van der Waals surface area contributed by atoms with Gasteiger partial charge < -0.3 is 23.4 Å². The van der Waals surface area contributed by atoms with E-state index in [0.717, 1.165) is 5.56 Å². The molecule has 0 amide bonds. The molecule has 7 nitrogen and oxygen atoms in total. The van der Waals surface area contributed by atoms with Gasteiger partial charge in [0.1, 0.15) is 0 Å². The number of alkyl halides is 3. The molecule has 0 saturated carbocycles. The minimum Gasteiger partial charge on any atom is -0.490 e. The van der Waals surface area contributed by atoms with Gasteiger partial charge in [0.15, 0.2) is 22.7 Å². The minimum atomic E-state index is -5.00. The number of halogens is 3. The highest BCUT2D eigenvalue weighted by Crippen LogP contribution is 2.47. The van der Waals surface area contributed by atoms with E-state index in [2.05, 4.69) is 17.9 Å². The quantitative estimate of drug-likeness (QED) is 0.0839. The number of carbonyl (C=O) groups excluding carboxylic acids is 2. The van der Waals surface area contributed by atoms with Crippen molar-refractivity contribution >= 4 is 33.9 Å². The van der Waals surface area contributed by atoms with Crippen LogP contribution in [-0.4, -0.2) is 32.0 Å². The lowest BCUT2D eigenvalue weighted by molar-refractivity contribution is -0.274. The Labute approximate surface area is 233 Å². The van der Waals surface area contributed by atoms with Crippen LogP contribution in [0.2, 0.25) is 0 Å². The molecule has 1 heterocycles. The van der Waals surface area contributed by atoms with E-state index in [-0.39, 0.29) is 40.4 Å². The van der Waals surface area contributed by atoms with Crippen LogP contribution in [0.4, 0.5) is 13.2 Å². The number of ether oxygens (including phenoxy) is 4. The molecular weight excluding hydrogens is 541 g/mol. The standard InChI is InChI=1S/C31H27F3O7/c1-17(2)29(35)38-16-6-7-19-8-10-20(11-9-19)21-12-13-22-23-14-15-24(39-30(36)18(3)4)28(37-5)26(23)40-25(22)27(21)41-31(32,33)34/h8-15H,1,3,6-7,16H2,2,4-5H3. The first-order chi connectivity index (χ1) is 19.4. The van der Waals surface area contributed by atoms with Crippen LogP contribution in [0.5, 0.6) is 17.2 Å². The van der Waals surface area contributed by atoms with E-state index in [1.54, 1.807) is 43.3 Å². The third-order valence-corrected chi connectivity index (χ3v) is 6.11. The monoisotopic (exact) mass is 568 g/mol. The predicted octanol–water partition coefficient (Wildman–Crippen LogP) is 7.69. The van der Waals surface area contributed by atoms with Crippen LogP contribution in [0.25, 0.3) is 33.1 Å². The van der Waals surface area contributed by atoms with Gasteiger partial charge in [0, 0.05) is 27.5 Å². The molecule has 0 saturated heterocycles. The largest absolute Gasteiger partial charge is 0.573 e. The van der Waals surface area contributed by atoms with Crippen molar-refractivity contribution in [2.24, 2.45) is 0 Å². The van der Waals surface area contributed by atoms with E-state index in [9.17, 15) is 22.8 Å². The van der Waals surface area contributed by atoms with Crippen molar-refractivity contribution in [1.82, 2.24) is 0 Å². The topological polar surface area (TPSA) is 84.2 Å². The first-order valence-electron chi connectivity index (χ1n) is 12.5. The highest BCUT2D eigenvalue weighted by Gasteiger charge is 2.35. The number of carbonyl (C=O) groups is 2. The fraction of sp³-hybridized carbons (Fsp3) is 0.226. The third-order valence-electron chi connectivity index (χ3n) is 6.11. The van der Waals surface area contributed by atoms with Crippen LogP contribution in [-0.2, 0) is 20.7 Å². The summed E-state index contributed by atoms with van der Waals surface area (Å²) < 4.78 is 67.0. The Morgan fingerprint density at radius 2 is 1.46 bits per heavy atom. The van der Waals surface area contributed by atoms with E-state index in [1.165, 1.54) is 26.2 Å². The van der Waals surface area contributed by atoms with Gasteiger partial charge in [-0.25, -0.2) is 9.59 Å². The molecule has 0 bridgehead atoms. The summed E-state index contributed by atoms with van der Waals surface area (Å²) in [7, 11) is 1.32. The summed E-state index contributed by atoms with van der Waals surface area (Å²) >= 11 is 0. The number of methoxy groups -OCH3 is 1. The fourth-order valence-electron chi connectivity index (χ4n) is 4.16. The van der Waals surface area contributed by atoms with Crippen LogP contribution in [0.1, 0.15) is 25.8 Å². The molecule has 0 N–H and O–H groups in total. The molecule has 0 spiro atoms. The average molecular weight is 569 g/mol. The number of furan rings is 1. The van der Waals surface area contributed by atoms with Gasteiger partial charge in [-0.15, -0.1) is 13.2 Å². The number of benzene rings is 3. The van der Waals surface area contributed by atoms with Crippen LogP contribution < -0.4 is 14.2 Å². The van der Waals surface area contributed by atoms with Gasteiger partial charge in [0.05, 0.1) is 13.7 Å². The van der Waals surface area contributed by atoms with Crippen molar-refractivity contribution in [3.63, 3.8) is 0 Å². The Hall–Kier alpha value is -4.73. The Bertz CT molecular complexity index is 1650. The second-order valence-electron chi connectivity index (χ2n) is 9.33. The molecule has 0 fully saturated rings. The number of aryl methyl sites for hydroxylation is 1. The highest BCUT2D eigenvalue weighted by molar-refractivity contribution is 6.11. The van der Waals surface area contributed by atoms with Gasteiger partial charge in [-0.1, -0.05) is 37.4 Å². The predicted molar refractivity (Wildman–Crippen MR) is 147 cm³/mol. The fourth-order valence-corrected chi connectivity index (χ4v) is 4.16. The summed E-state index contributed by atoms with van der Waals surface area (Å²) in [6.45, 7) is 10.3. The van der Waals surface area contributed by atoms with Gasteiger partial charge in [-0.3, -0.25) is 0 Å². The van der Waals surface area contributed by atoms with Gasteiger partial charge in [-0.05, 0) is 62.1 Å². The van der Waals surface area contributed by atoms with Gasteiger partial charge in [-0.2, -0.15) is 0 Å². The normalized spacial score (nSPS) is 11.4. The van der Waals surface area contributed by atoms with Gasteiger partial charge in [0.25, 0.3) is 0 Å². The molecule has 0 radical (unpaired) electrons. The van der Waals surface area contributed by atoms with Crippen LogP contribution in [0.3, 0.4) is 0 Å². The molecule has 0 aliphatic heterocycles. The smallest absolute Gasteiger partial charge is 0.490 e. The number of rotatable bonds is 10. The zero-order chi connectivity index (χ0) is 29.9. The minimum absolute atomic E-state index is 0.0237. The second kappa shape index (κ2) is 11.8. The lowest BCUT2D eigenvalue weighted by atomic mass is 9.99. The first-order valence-corrected chi connectivity index (χ1v) is 12.5. The Morgan fingerprint density at radius 1 is 0.854 bits per heavy atom. The molecule has 0 unspecified atom stereocenters. The Morgan fingerprint density at radius 3 is 2.05 bits per heavy atom. The summed E-state index contributed by atoms with van der Waals surface area (Å²) in [5, 5.41) is 0.785. The molecule has 1 aromatic heterocycles. The number of hydrogen-bond acceptors (Lipinski definition) is 7. The van der Waals surface area contributed by atoms with Crippen molar-refractivity contribution in [2.45, 2.75) is 33.1 Å². The number of fused-ring (bicyclic) bond motifs is 3. The third kappa shape index (κ3) is 6.54. The van der Waals surface area contributed by atoms with Gasteiger partial charge in [0.2, 0.25) is 5.75 Å². The Kier molecular flexibility index (Phi) is 8.41. The van der Waals surface area contributed by atoms with Gasteiger partial charge >= 0.3 is 18.3 Å². The van der Waals surface area contributed by atoms with Crippen LogP contribution in [0.15, 0.2) is 77.3 Å². The average Bonchev–Trinajstić information content (AvgIpc) is 3.30. The molecule has 4 rings (SSSR count). The Balaban J connectivity index is 1.72. The van der Waals surface area contributed by atoms with Crippen LogP contribution >= 0.6 is 0 Å². The van der Waals surface area contributed by atoms with Crippen LogP contribution in [0, 0.1) is 0 Å². The molecule has 214 valence electrons. The molecule has 0 aliphatic carbocycles. The SMILES string of the molecule is C=C(C)C(=O)OCCCc1ccc(-c2ccc3c(oc4c(OC)c(OC(=O)C(=C)C)ccc43)c2OC(F)(F)F)cc1. The van der Waals surface area contributed by atoms with Crippen molar-refractivity contribution in [2.75, 3.05) is 13.7 Å². The van der Waals surface area contributed by atoms with E-state index < -0.39 is 24.1 Å². The second-order valence-corrected chi connectivity index (χ2v) is 9.33. The zero-order valence-corrected chi connectivity index (χ0v) is 22.6. The van der Waals surface area contributed by atoms with Crippen molar-refractivity contribution in [1.29, 1.82) is 0 Å². The van der Waals surface area contributed by atoms with E-state index in [1.807, 2.05) is 0 Å². The first kappa shape index (κ1) is 29.3. The lowest BCUT2D eigenvalue weighted by Crippen LogP contribution is -2.17. The zero-order valence-electron chi connectivity index (χ0n) is 22.6. The van der Waals surface area contributed by atoms with Crippen molar-refractivity contribution in [3.05, 3.63) is 78.4 Å². The van der Waals surface area contributed by atoms with Crippen molar-refractivity contribution < 1.29 is 46.1 Å². The summed E-state index contributed by atoms with van der Waals surface area (Å²) in [6, 6.07) is 13.1. The maximum Gasteiger partial charge on any atom is 0.573 e. The maximum atomic E-state index is 13.6. The van der Waals surface area contributed by atoms with Crippen molar-refractivity contribution in [3.8, 4) is 28.4 Å². The molecular formula is C31H27F3O7. The molecule has 4 aromatic rings. The summed E-state index contributed by atoms with van der Waals surface area (Å²) in [5.74, 6) is -1.62. The lowest BCUT2D eigenvalue weighted by Gasteiger charge is -2.14. The molecule has 3 aromatic carbocycles. The summed E-state index contributed by atoms with van der Waals surface area (Å²) in [4.78, 5) is 23.6. The van der Waals surface area contributed by atoms with E-state index in [0.29, 0.717) is 34.8 Å². The summed E-state index contributed by atoms with van der Waals surface area (Å²) in [6.07, 6.45) is -3.84. The summed E-state index contributed by atoms with van der Waals surface area (Å²) in [5.41, 5.74) is 1.93. The highest BCUT2D eigenvalue weighted by atomic mass is 19.4. The van der Waals surface area contributed by atoms with E-state index in [4.69, 9.17) is 18.6 Å². The number of esters is 2. The maximum absolute atomic E-state index is 13.6.